The molecule has 0 heterocycles. The van der Waals surface area contributed by atoms with Crippen LogP contribution in [0.2, 0.25) is 0 Å². The van der Waals surface area contributed by atoms with Crippen LogP contribution >= 0.6 is 0 Å². The molecule has 10 heteroatoms. The minimum atomic E-state index is -0.830. The van der Waals surface area contributed by atoms with Crippen molar-refractivity contribution in [2.24, 2.45) is 0 Å². The van der Waals surface area contributed by atoms with Gasteiger partial charge in [0, 0.05) is 25.1 Å². The van der Waals surface area contributed by atoms with Crippen LogP contribution in [0, 0.1) is 11.8 Å². The van der Waals surface area contributed by atoms with Gasteiger partial charge in [-0.3, -0.25) is 0 Å². The van der Waals surface area contributed by atoms with Crippen LogP contribution in [0.25, 0.3) is 0 Å². The molecule has 0 radical (unpaired) electrons. The number of ether oxygens (including phenoxy) is 8. The summed E-state index contributed by atoms with van der Waals surface area (Å²) in [5.74, 6) is 2.43. The van der Waals surface area contributed by atoms with Gasteiger partial charge < -0.3 is 37.9 Å². The minimum absolute atomic E-state index is 0.0297. The molecule has 0 rings (SSSR count). The van der Waals surface area contributed by atoms with Crippen molar-refractivity contribution in [3.63, 3.8) is 0 Å². The molecule has 0 aromatic carbocycles. The van der Waals surface area contributed by atoms with Crippen molar-refractivity contribution in [2.45, 2.75) is 13.8 Å². The molecule has 0 saturated heterocycles. The Labute approximate surface area is 178 Å². The monoisotopic (exact) mass is 434 g/mol. The van der Waals surface area contributed by atoms with Gasteiger partial charge in [0.15, 0.2) is 0 Å². The van der Waals surface area contributed by atoms with Gasteiger partial charge in [-0.05, 0) is 13.8 Å². The zero-order chi connectivity index (χ0) is 22.1. The van der Waals surface area contributed by atoms with Gasteiger partial charge >= 0.3 is 11.9 Å². The summed E-state index contributed by atoms with van der Waals surface area (Å²) in [5, 5.41) is 0. The molecular weight excluding hydrogens is 400 g/mol. The maximum Gasteiger partial charge on any atom is 0.385 e. The zero-order valence-electron chi connectivity index (χ0n) is 18.0. The lowest BCUT2D eigenvalue weighted by atomic mass is 10.5. The van der Waals surface area contributed by atoms with E-state index in [1.807, 2.05) is 25.7 Å². The molecule has 0 amide bonds. The largest absolute Gasteiger partial charge is 0.454 e. The van der Waals surface area contributed by atoms with E-state index in [2.05, 4.69) is 0 Å². The fraction of sp³-hybridized carbons (Fsp3) is 0.800. The number of hydrogen-bond acceptors (Lipinski definition) is 10. The molecule has 0 atom stereocenters. The van der Waals surface area contributed by atoms with Gasteiger partial charge in [-0.15, -0.1) is 0 Å². The molecule has 0 aromatic heterocycles. The molecule has 0 aromatic rings. The molecular formula is C20H34O10. The lowest BCUT2D eigenvalue weighted by Gasteiger charge is -2.06. The summed E-state index contributed by atoms with van der Waals surface area (Å²) in [6.07, 6.45) is 0. The Bertz CT molecular complexity index is 432. The predicted octanol–water partition coefficient (Wildman–Crippen LogP) is 0.216. The smallest absolute Gasteiger partial charge is 0.385 e. The second-order valence-corrected chi connectivity index (χ2v) is 5.37. The third-order valence-corrected chi connectivity index (χ3v) is 3.08. The highest BCUT2D eigenvalue weighted by Gasteiger charge is 2.01. The summed E-state index contributed by atoms with van der Waals surface area (Å²) in [7, 11) is 0. The Morgan fingerprint density at radius 3 is 1.03 bits per heavy atom. The van der Waals surface area contributed by atoms with Crippen molar-refractivity contribution in [3.8, 4) is 11.8 Å². The van der Waals surface area contributed by atoms with E-state index >= 15 is 0 Å². The molecule has 0 spiro atoms. The first kappa shape index (κ1) is 28.3. The first-order valence-electron chi connectivity index (χ1n) is 10.0. The summed E-state index contributed by atoms with van der Waals surface area (Å²) in [6.45, 7) is 9.35. The van der Waals surface area contributed by atoms with Gasteiger partial charge in [0.25, 0.3) is 0 Å². The van der Waals surface area contributed by atoms with Gasteiger partial charge in [-0.25, -0.2) is 9.59 Å². The van der Waals surface area contributed by atoms with Crippen LogP contribution in [0.3, 0.4) is 0 Å². The molecule has 10 nitrogen and oxygen atoms in total. The predicted molar refractivity (Wildman–Crippen MR) is 106 cm³/mol. The molecule has 0 saturated carbocycles. The van der Waals surface area contributed by atoms with E-state index in [0.29, 0.717) is 66.1 Å². The summed E-state index contributed by atoms with van der Waals surface area (Å²) in [4.78, 5) is 22.8. The fourth-order valence-corrected chi connectivity index (χ4v) is 1.73. The zero-order valence-corrected chi connectivity index (χ0v) is 18.0. The van der Waals surface area contributed by atoms with Gasteiger partial charge in [0.1, 0.15) is 13.2 Å². The van der Waals surface area contributed by atoms with Crippen LogP contribution in [0.1, 0.15) is 13.8 Å². The van der Waals surface area contributed by atoms with Crippen molar-refractivity contribution in [2.75, 3.05) is 92.5 Å². The average Bonchev–Trinajstić information content (AvgIpc) is 2.75. The molecule has 0 N–H and O–H groups in total. The molecule has 0 fully saturated rings. The maximum atomic E-state index is 11.4. The van der Waals surface area contributed by atoms with E-state index < -0.39 is 11.9 Å². The molecule has 30 heavy (non-hydrogen) atoms. The van der Waals surface area contributed by atoms with Gasteiger partial charge in [-0.1, -0.05) is 0 Å². The Balaban J connectivity index is 3.45. The molecule has 0 bridgehead atoms. The Hall–Kier alpha value is -1.74. The minimum Gasteiger partial charge on any atom is -0.454 e. The molecule has 0 aliphatic heterocycles. The number of hydrogen-bond donors (Lipinski definition) is 0. The van der Waals surface area contributed by atoms with E-state index in [1.54, 1.807) is 0 Å². The Kier molecular flexibility index (Phi) is 22.2. The molecule has 174 valence electrons. The maximum absolute atomic E-state index is 11.4. The van der Waals surface area contributed by atoms with Crippen molar-refractivity contribution in [1.29, 1.82) is 0 Å². The molecule has 0 aliphatic carbocycles. The van der Waals surface area contributed by atoms with E-state index in [4.69, 9.17) is 37.9 Å². The average molecular weight is 434 g/mol. The van der Waals surface area contributed by atoms with Gasteiger partial charge in [0.05, 0.1) is 66.1 Å². The van der Waals surface area contributed by atoms with E-state index in [-0.39, 0.29) is 26.4 Å². The number of carbonyl (C=O) groups excluding carboxylic acids is 2. The van der Waals surface area contributed by atoms with Crippen molar-refractivity contribution in [1.82, 2.24) is 0 Å². The van der Waals surface area contributed by atoms with Crippen molar-refractivity contribution < 1.29 is 47.5 Å². The Morgan fingerprint density at radius 2 is 0.733 bits per heavy atom. The second-order valence-electron chi connectivity index (χ2n) is 5.37. The lowest BCUT2D eigenvalue weighted by molar-refractivity contribution is -0.140. The molecule has 0 aliphatic rings. The highest BCUT2D eigenvalue weighted by atomic mass is 16.6. The van der Waals surface area contributed by atoms with Crippen LogP contribution in [-0.2, 0) is 47.5 Å². The summed E-state index contributed by atoms with van der Waals surface area (Å²) < 4.78 is 40.8. The summed E-state index contributed by atoms with van der Waals surface area (Å²) >= 11 is 0. The van der Waals surface area contributed by atoms with Crippen LogP contribution in [0.5, 0.6) is 0 Å². The quantitative estimate of drug-likeness (QED) is 0.114. The second kappa shape index (κ2) is 23.5. The number of rotatable bonds is 20. The third kappa shape index (κ3) is 22.5. The van der Waals surface area contributed by atoms with Crippen LogP contribution < -0.4 is 0 Å². The SMILES string of the molecule is CCOCCOCCOCCOC(=O)C#CC(=O)OCCOCCOCCOCC. The van der Waals surface area contributed by atoms with Crippen molar-refractivity contribution >= 4 is 11.9 Å². The van der Waals surface area contributed by atoms with E-state index in [1.165, 1.54) is 0 Å². The normalized spacial score (nSPS) is 10.3. The topological polar surface area (TPSA) is 108 Å². The Morgan fingerprint density at radius 1 is 0.467 bits per heavy atom. The highest BCUT2D eigenvalue weighted by Crippen LogP contribution is 1.85. The van der Waals surface area contributed by atoms with E-state index in [0.717, 1.165) is 0 Å². The fourth-order valence-electron chi connectivity index (χ4n) is 1.73. The van der Waals surface area contributed by atoms with Crippen LogP contribution in [0.4, 0.5) is 0 Å². The summed E-state index contributed by atoms with van der Waals surface area (Å²) in [5.41, 5.74) is 0. The van der Waals surface area contributed by atoms with Crippen molar-refractivity contribution in [3.05, 3.63) is 0 Å². The standard InChI is InChI=1S/C20H34O10/c1-3-23-7-9-25-11-13-27-15-17-29-19(21)5-6-20(22)30-18-16-28-14-12-26-10-8-24-4-2/h3-4,7-18H2,1-2H3. The first-order valence-corrected chi connectivity index (χ1v) is 10.0. The van der Waals surface area contributed by atoms with E-state index in [9.17, 15) is 9.59 Å². The number of carbonyl (C=O) groups is 2. The van der Waals surface area contributed by atoms with Gasteiger partial charge in [0.2, 0.25) is 0 Å². The van der Waals surface area contributed by atoms with Crippen LogP contribution in [0.15, 0.2) is 0 Å². The molecule has 0 unspecified atom stereocenters. The first-order chi connectivity index (χ1) is 14.7. The van der Waals surface area contributed by atoms with Crippen LogP contribution in [-0.4, -0.2) is 104 Å². The lowest BCUT2D eigenvalue weighted by Crippen LogP contribution is -2.14. The van der Waals surface area contributed by atoms with Gasteiger partial charge in [-0.2, -0.15) is 0 Å². The highest BCUT2D eigenvalue weighted by molar-refractivity contribution is 5.98. The summed E-state index contributed by atoms with van der Waals surface area (Å²) in [6, 6.07) is 0. The number of esters is 2. The third-order valence-electron chi connectivity index (χ3n) is 3.08.